The lowest BCUT2D eigenvalue weighted by molar-refractivity contribution is -0.707. The van der Waals surface area contributed by atoms with Crippen molar-refractivity contribution in [1.29, 1.82) is 0 Å². The van der Waals surface area contributed by atoms with Gasteiger partial charge >= 0.3 is 0 Å². The number of benzene rings is 4. The number of aromatic hydroxyl groups is 8. The van der Waals surface area contributed by atoms with Crippen molar-refractivity contribution in [2.24, 2.45) is 0 Å². The van der Waals surface area contributed by atoms with E-state index in [-0.39, 0.29) is 46.0 Å². The minimum atomic E-state index is -0.582. The summed E-state index contributed by atoms with van der Waals surface area (Å²) in [6, 6.07) is 9.17. The lowest BCUT2D eigenvalue weighted by Gasteiger charge is -2.31. The highest BCUT2D eigenvalue weighted by atomic mass is 16.3. The fraction of sp³-hybridized carbons (Fsp3) is 0.647. The van der Waals surface area contributed by atoms with Crippen molar-refractivity contribution in [3.05, 3.63) is 91.0 Å². The Bertz CT molecular complexity index is 2220. The van der Waals surface area contributed by atoms with Crippen LogP contribution >= 0.6 is 0 Å². The van der Waals surface area contributed by atoms with E-state index in [2.05, 4.69) is 49.0 Å². The molecule has 0 atom stereocenters. The number of rotatable bonds is 20. The minimum Gasteiger partial charge on any atom is -0.507 e. The first-order valence-corrected chi connectivity index (χ1v) is 32.5. The maximum absolute atomic E-state index is 13.0. The van der Waals surface area contributed by atoms with E-state index in [0.29, 0.717) is 168 Å². The zero-order valence-corrected chi connectivity index (χ0v) is 49.4. The van der Waals surface area contributed by atoms with Crippen molar-refractivity contribution in [3.63, 3.8) is 0 Å². The topological polar surface area (TPSA) is 228 Å². The Labute approximate surface area is 478 Å². The summed E-state index contributed by atoms with van der Waals surface area (Å²) in [6.45, 7) is 9.82. The molecule has 0 spiro atoms. The molecule has 5 aliphatic rings. The number of hydrogen-bond acceptors (Lipinski definition) is 8. The van der Waals surface area contributed by atoms with E-state index in [1.807, 2.05) is 24.3 Å². The van der Waals surface area contributed by atoms with Gasteiger partial charge in [-0.3, -0.25) is 0 Å². The van der Waals surface area contributed by atoms with Crippen LogP contribution in [0.3, 0.4) is 0 Å². The van der Waals surface area contributed by atoms with Crippen molar-refractivity contribution in [2.75, 3.05) is 0 Å². The van der Waals surface area contributed by atoms with Crippen LogP contribution < -0.4 is 21.3 Å². The number of hydrogen-bond donors (Lipinski definition) is 12. The largest absolute Gasteiger partial charge is 0.507 e. The highest BCUT2D eigenvalue weighted by Gasteiger charge is 2.39. The van der Waals surface area contributed by atoms with E-state index >= 15 is 0 Å². The fourth-order valence-corrected chi connectivity index (χ4v) is 15.6. The molecule has 0 aromatic heterocycles. The molecule has 0 unspecified atom stereocenters. The molecule has 440 valence electrons. The number of phenols is 8. The van der Waals surface area contributed by atoms with Gasteiger partial charge in [0.2, 0.25) is 0 Å². The van der Waals surface area contributed by atoms with Gasteiger partial charge in [-0.05, 0) is 153 Å². The molecule has 4 aromatic rings. The van der Waals surface area contributed by atoms with E-state index < -0.39 is 23.7 Å². The summed E-state index contributed by atoms with van der Waals surface area (Å²) in [5.41, 5.74) is 6.46. The maximum Gasteiger partial charge on any atom is 0.132 e. The van der Waals surface area contributed by atoms with Crippen LogP contribution in [0.5, 0.6) is 46.0 Å². The number of fused-ring (bicyclic) bond motifs is 8. The molecule has 12 nitrogen and oxygen atoms in total. The molecule has 0 aliphatic heterocycles. The molecule has 0 heterocycles. The van der Waals surface area contributed by atoms with Crippen LogP contribution in [0.2, 0.25) is 0 Å². The second kappa shape index (κ2) is 27.9. The quantitative estimate of drug-likeness (QED) is 0.0406. The molecule has 9 rings (SSSR count). The van der Waals surface area contributed by atoms with Crippen LogP contribution in [0.15, 0.2) is 24.3 Å². The first-order valence-electron chi connectivity index (χ1n) is 32.5. The molecule has 4 saturated carbocycles. The van der Waals surface area contributed by atoms with Gasteiger partial charge in [-0.15, -0.1) is 0 Å². The molecule has 5 aliphatic carbocycles. The van der Waals surface area contributed by atoms with E-state index in [1.54, 1.807) is 0 Å². The minimum absolute atomic E-state index is 0.00338. The maximum atomic E-state index is 13.0. The third-order valence-corrected chi connectivity index (χ3v) is 20.3. The second-order valence-corrected chi connectivity index (χ2v) is 25.6. The molecule has 12 heteroatoms. The molecule has 16 N–H and O–H groups in total. The molecular formula is C68H104N4O8+4. The Kier molecular flexibility index (Phi) is 20.9. The Morgan fingerprint density at radius 3 is 0.588 bits per heavy atom. The number of quaternary nitrogens is 4. The molecule has 0 radical (unpaired) electrons. The van der Waals surface area contributed by atoms with Crippen LogP contribution in [-0.2, 0) is 26.2 Å². The van der Waals surface area contributed by atoms with Crippen molar-refractivity contribution in [1.82, 2.24) is 0 Å². The van der Waals surface area contributed by atoms with Gasteiger partial charge in [0.05, 0.1) is 46.4 Å². The zero-order valence-electron chi connectivity index (χ0n) is 49.4. The smallest absolute Gasteiger partial charge is 0.132 e. The van der Waals surface area contributed by atoms with Gasteiger partial charge < -0.3 is 62.1 Å². The second-order valence-electron chi connectivity index (χ2n) is 25.6. The third kappa shape index (κ3) is 13.0. The van der Waals surface area contributed by atoms with Crippen LogP contribution in [0, 0.1) is 0 Å². The van der Waals surface area contributed by atoms with E-state index in [9.17, 15) is 40.9 Å². The third-order valence-electron chi connectivity index (χ3n) is 20.3. The monoisotopic (exact) mass is 1100 g/mol. The van der Waals surface area contributed by atoms with Crippen LogP contribution in [0.25, 0.3) is 0 Å². The Balaban J connectivity index is 1.37. The zero-order chi connectivity index (χ0) is 56.5. The highest BCUT2D eigenvalue weighted by molar-refractivity contribution is 5.67. The summed E-state index contributed by atoms with van der Waals surface area (Å²) in [6.07, 6.45) is 27.4. The predicted molar refractivity (Wildman–Crippen MR) is 316 cm³/mol. The summed E-state index contributed by atoms with van der Waals surface area (Å²) in [4.78, 5) is 0. The predicted octanol–water partition coefficient (Wildman–Crippen LogP) is 11.0. The Morgan fingerprint density at radius 1 is 0.275 bits per heavy atom. The van der Waals surface area contributed by atoms with Gasteiger partial charge in [0.15, 0.2) is 0 Å². The Morgan fingerprint density at radius 2 is 0.438 bits per heavy atom. The lowest BCUT2D eigenvalue weighted by Crippen LogP contribution is -2.88. The van der Waals surface area contributed by atoms with Crippen LogP contribution in [0.1, 0.15) is 298 Å². The molecule has 80 heavy (non-hydrogen) atoms. The highest BCUT2D eigenvalue weighted by Crippen LogP contribution is 2.55. The van der Waals surface area contributed by atoms with Crippen LogP contribution in [0.4, 0.5) is 0 Å². The summed E-state index contributed by atoms with van der Waals surface area (Å²) in [5.74, 6) is -2.30. The average molecular weight is 1110 g/mol. The van der Waals surface area contributed by atoms with Gasteiger partial charge in [-0.25, -0.2) is 0 Å². The lowest BCUT2D eigenvalue weighted by atomic mass is 9.74. The van der Waals surface area contributed by atoms with Gasteiger partial charge in [0.25, 0.3) is 0 Å². The Hall–Kier alpha value is -4.88. The normalized spacial score (nSPS) is 21.8. The van der Waals surface area contributed by atoms with Gasteiger partial charge in [0.1, 0.15) is 72.2 Å². The SMILES string of the molecule is CCCC1c2cc(c(O)c(C[NH2+]C3CCCCC3)c2O)C(CCC)c2cc(c(O)c(C[NH2+]C3CCCCC3)c2O)C(CCC)c2cc(c(O)c(C[NH2+]C3CCCCC3)c2O)C(CCC)c2cc1c(O)c(C[NH2+]C1CCCCC1)c2O. The average Bonchev–Trinajstić information content (AvgIpc) is 3.56. The summed E-state index contributed by atoms with van der Waals surface area (Å²) in [7, 11) is 0. The standard InChI is InChI=1S/C68H100N4O8/c1-5-21-45-49-33-51(63(75)57(61(49)73)37-69-41-25-13-9-14-26-41)46(22-6-2)53-35-55(67(79)59(65(53)77)39-71-43-29-17-11-18-30-43)48(24-8-4)56-36-54(66(78)60(68(56)80)40-72-44-31-19-12-20-32-44)47(23-7-3)52-34-50(45)62(74)58(64(52)76)38-70-42-27-15-10-16-28-42/h33-36,41-48,69-80H,5-32,37-40H2,1-4H3/p+4. The molecule has 0 saturated heterocycles. The van der Waals surface area contributed by atoms with E-state index in [0.717, 1.165) is 103 Å². The summed E-state index contributed by atoms with van der Waals surface area (Å²) in [5, 5.41) is 113. The first-order chi connectivity index (χ1) is 38.9. The van der Waals surface area contributed by atoms with Crippen molar-refractivity contribution >= 4 is 0 Å². The molecule has 4 fully saturated rings. The summed E-state index contributed by atoms with van der Waals surface area (Å²) >= 11 is 0. The fourth-order valence-electron chi connectivity index (χ4n) is 15.6. The summed E-state index contributed by atoms with van der Waals surface area (Å²) < 4.78 is 0. The van der Waals surface area contributed by atoms with E-state index in [4.69, 9.17) is 0 Å². The van der Waals surface area contributed by atoms with Gasteiger partial charge in [-0.1, -0.05) is 79.1 Å². The van der Waals surface area contributed by atoms with Gasteiger partial charge in [-0.2, -0.15) is 0 Å². The molecule has 4 aromatic carbocycles. The molecule has 0 amide bonds. The van der Waals surface area contributed by atoms with Crippen LogP contribution in [-0.4, -0.2) is 65.0 Å². The van der Waals surface area contributed by atoms with Crippen molar-refractivity contribution in [2.45, 2.75) is 281 Å². The van der Waals surface area contributed by atoms with Gasteiger partial charge in [0, 0.05) is 68.2 Å². The molecular weight excluding hydrogens is 1000 g/mol. The number of nitrogens with two attached hydrogens (primary N) is 4. The van der Waals surface area contributed by atoms with E-state index in [1.165, 1.54) is 25.7 Å². The van der Waals surface area contributed by atoms with Crippen molar-refractivity contribution in [3.8, 4) is 46.0 Å². The molecule has 8 bridgehead atoms. The first kappa shape index (κ1) is 59.7. The number of phenolic OH excluding ortho intramolecular Hbond substituents is 8. The van der Waals surface area contributed by atoms with Crippen molar-refractivity contribution < 1.29 is 62.1 Å².